The van der Waals surface area contributed by atoms with Gasteiger partial charge in [0.2, 0.25) is 0 Å². The van der Waals surface area contributed by atoms with Crippen LogP contribution in [0.5, 0.6) is 0 Å². The average molecular weight is 305 g/mol. The minimum absolute atomic E-state index is 0. The van der Waals surface area contributed by atoms with Crippen molar-refractivity contribution >= 4 is 12.4 Å². The molecule has 1 N–H and O–H groups in total. The molecular formula is C15H23ClF2N2. The highest BCUT2D eigenvalue weighted by molar-refractivity contribution is 5.85. The maximum absolute atomic E-state index is 14.2. The van der Waals surface area contributed by atoms with Crippen LogP contribution in [-0.4, -0.2) is 31.1 Å². The first-order valence-electron chi connectivity index (χ1n) is 7.04. The van der Waals surface area contributed by atoms with Gasteiger partial charge in [0.1, 0.15) is 0 Å². The maximum atomic E-state index is 14.2. The first-order chi connectivity index (χ1) is 9.15. The molecule has 0 amide bonds. The summed E-state index contributed by atoms with van der Waals surface area (Å²) in [6.45, 7) is 7.28. The third-order valence-corrected chi connectivity index (χ3v) is 3.82. The Hall–Kier alpha value is -0.710. The fourth-order valence-electron chi connectivity index (χ4n) is 2.72. The smallest absolute Gasteiger partial charge is 0.163 e. The van der Waals surface area contributed by atoms with E-state index in [4.69, 9.17) is 0 Å². The van der Waals surface area contributed by atoms with E-state index >= 15 is 0 Å². The van der Waals surface area contributed by atoms with E-state index in [1.807, 2.05) is 0 Å². The van der Waals surface area contributed by atoms with Gasteiger partial charge < -0.3 is 5.32 Å². The van der Waals surface area contributed by atoms with Gasteiger partial charge in [-0.2, -0.15) is 0 Å². The predicted octanol–water partition coefficient (Wildman–Crippen LogP) is 3.44. The van der Waals surface area contributed by atoms with Gasteiger partial charge >= 0.3 is 0 Å². The van der Waals surface area contributed by atoms with Crippen LogP contribution in [0.1, 0.15) is 36.9 Å². The molecule has 2 rings (SSSR count). The Morgan fingerprint density at radius 2 is 1.85 bits per heavy atom. The second kappa shape index (κ2) is 7.91. The molecule has 0 aromatic heterocycles. The van der Waals surface area contributed by atoms with Gasteiger partial charge in [-0.05, 0) is 18.9 Å². The normalized spacial score (nSPS) is 17.6. The van der Waals surface area contributed by atoms with Crippen molar-refractivity contribution in [2.75, 3.05) is 26.2 Å². The lowest BCUT2D eigenvalue weighted by Crippen LogP contribution is -2.45. The number of nitrogens with one attached hydrogen (secondary N) is 1. The van der Waals surface area contributed by atoms with Crippen LogP contribution >= 0.6 is 12.4 Å². The highest BCUT2D eigenvalue weighted by atomic mass is 35.5. The lowest BCUT2D eigenvalue weighted by molar-refractivity contribution is 0.160. The highest BCUT2D eigenvalue weighted by Crippen LogP contribution is 2.30. The van der Waals surface area contributed by atoms with Gasteiger partial charge in [0.25, 0.3) is 0 Å². The molecule has 114 valence electrons. The molecule has 1 saturated heterocycles. The number of piperazine rings is 1. The fraction of sp³-hybridized carbons (Fsp3) is 0.600. The summed E-state index contributed by atoms with van der Waals surface area (Å²) in [7, 11) is 0. The zero-order chi connectivity index (χ0) is 13.8. The van der Waals surface area contributed by atoms with E-state index in [1.165, 1.54) is 0 Å². The lowest BCUT2D eigenvalue weighted by atomic mass is 9.98. The number of halogens is 3. The summed E-state index contributed by atoms with van der Waals surface area (Å²) in [4.78, 5) is 2.26. The molecular weight excluding hydrogens is 282 g/mol. The van der Waals surface area contributed by atoms with Crippen molar-refractivity contribution in [1.29, 1.82) is 0 Å². The van der Waals surface area contributed by atoms with E-state index in [-0.39, 0.29) is 18.4 Å². The minimum Gasteiger partial charge on any atom is -0.314 e. The summed E-state index contributed by atoms with van der Waals surface area (Å²) in [6, 6.07) is 3.41. The van der Waals surface area contributed by atoms with Crippen LogP contribution in [-0.2, 0) is 0 Å². The molecule has 2 nitrogen and oxygen atoms in total. The fourth-order valence-corrected chi connectivity index (χ4v) is 2.72. The summed E-state index contributed by atoms with van der Waals surface area (Å²) >= 11 is 0. The van der Waals surface area contributed by atoms with Gasteiger partial charge in [-0.1, -0.05) is 25.5 Å². The van der Waals surface area contributed by atoms with Gasteiger partial charge in [-0.15, -0.1) is 12.4 Å². The third kappa shape index (κ3) is 3.68. The van der Waals surface area contributed by atoms with Crippen molar-refractivity contribution in [3.8, 4) is 0 Å². The van der Waals surface area contributed by atoms with Gasteiger partial charge in [0, 0.05) is 37.8 Å². The molecule has 0 radical (unpaired) electrons. The second-order valence-corrected chi connectivity index (χ2v) is 5.19. The monoisotopic (exact) mass is 304 g/mol. The van der Waals surface area contributed by atoms with E-state index in [2.05, 4.69) is 17.1 Å². The average Bonchev–Trinajstić information content (AvgIpc) is 2.44. The topological polar surface area (TPSA) is 15.3 Å². The van der Waals surface area contributed by atoms with Crippen LogP contribution in [0.4, 0.5) is 8.78 Å². The number of benzene rings is 1. The number of rotatable bonds is 4. The Morgan fingerprint density at radius 3 is 2.45 bits per heavy atom. The summed E-state index contributed by atoms with van der Waals surface area (Å²) in [6.07, 6.45) is 1.82. The zero-order valence-corrected chi connectivity index (χ0v) is 12.9. The van der Waals surface area contributed by atoms with E-state index in [1.54, 1.807) is 19.1 Å². The molecule has 0 spiro atoms. The Balaban J connectivity index is 0.00000200. The minimum atomic E-state index is -0.700. The third-order valence-electron chi connectivity index (χ3n) is 3.82. The summed E-state index contributed by atoms with van der Waals surface area (Å²) in [5.74, 6) is -1.37. The summed E-state index contributed by atoms with van der Waals surface area (Å²) in [5.41, 5.74) is 0.878. The van der Waals surface area contributed by atoms with Crippen molar-refractivity contribution < 1.29 is 8.78 Å². The predicted molar refractivity (Wildman–Crippen MR) is 80.4 cm³/mol. The summed E-state index contributed by atoms with van der Waals surface area (Å²) < 4.78 is 27.9. The molecule has 0 saturated carbocycles. The van der Waals surface area contributed by atoms with E-state index in [9.17, 15) is 8.78 Å². The molecule has 0 aliphatic carbocycles. The molecule has 1 heterocycles. The van der Waals surface area contributed by atoms with Crippen LogP contribution < -0.4 is 5.32 Å². The first kappa shape index (κ1) is 17.3. The Bertz CT molecular complexity index is 434. The molecule has 5 heteroatoms. The molecule has 1 aromatic rings. The van der Waals surface area contributed by atoms with Crippen LogP contribution in [0.15, 0.2) is 12.1 Å². The van der Waals surface area contributed by atoms with Crippen LogP contribution in [0, 0.1) is 18.6 Å². The molecule has 1 aliphatic heterocycles. The Morgan fingerprint density at radius 1 is 1.20 bits per heavy atom. The largest absolute Gasteiger partial charge is 0.314 e. The van der Waals surface area contributed by atoms with Crippen LogP contribution in [0.3, 0.4) is 0 Å². The van der Waals surface area contributed by atoms with Crippen LogP contribution in [0.2, 0.25) is 0 Å². The number of aryl methyl sites for hydroxylation is 1. The molecule has 1 aliphatic rings. The quantitative estimate of drug-likeness (QED) is 0.916. The first-order valence-corrected chi connectivity index (χ1v) is 7.04. The van der Waals surface area contributed by atoms with Crippen molar-refractivity contribution in [3.63, 3.8) is 0 Å². The maximum Gasteiger partial charge on any atom is 0.163 e. The number of hydrogen-bond acceptors (Lipinski definition) is 2. The van der Waals surface area contributed by atoms with Crippen molar-refractivity contribution in [2.45, 2.75) is 32.7 Å². The lowest BCUT2D eigenvalue weighted by Gasteiger charge is -2.35. The molecule has 1 fully saturated rings. The zero-order valence-electron chi connectivity index (χ0n) is 12.1. The Kier molecular flexibility index (Phi) is 6.86. The van der Waals surface area contributed by atoms with E-state index in [0.29, 0.717) is 11.1 Å². The van der Waals surface area contributed by atoms with Gasteiger partial charge in [0.15, 0.2) is 11.6 Å². The Labute approximate surface area is 126 Å². The van der Waals surface area contributed by atoms with E-state index < -0.39 is 11.6 Å². The highest BCUT2D eigenvalue weighted by Gasteiger charge is 2.25. The van der Waals surface area contributed by atoms with Crippen LogP contribution in [0.25, 0.3) is 0 Å². The molecule has 1 aromatic carbocycles. The molecule has 0 bridgehead atoms. The molecule has 0 unspecified atom stereocenters. The van der Waals surface area contributed by atoms with Gasteiger partial charge in [-0.25, -0.2) is 8.78 Å². The molecule has 20 heavy (non-hydrogen) atoms. The standard InChI is InChI=1S/C15H22F2N2.ClH/c1-3-4-13(19-9-7-18-8-10-19)12-6-5-11(2)14(16)15(12)17;/h5-6,13,18H,3-4,7-10H2,1-2H3;1H/t13-;/m0./s1. The van der Waals surface area contributed by atoms with Crippen molar-refractivity contribution in [1.82, 2.24) is 10.2 Å². The van der Waals surface area contributed by atoms with Crippen molar-refractivity contribution in [2.24, 2.45) is 0 Å². The molecule has 1 atom stereocenters. The number of nitrogens with zero attached hydrogens (tertiary/aromatic N) is 1. The SMILES string of the molecule is CCC[C@@H](c1ccc(C)c(F)c1F)N1CCNCC1.Cl. The second-order valence-electron chi connectivity index (χ2n) is 5.19. The van der Waals surface area contributed by atoms with E-state index in [0.717, 1.165) is 39.0 Å². The summed E-state index contributed by atoms with van der Waals surface area (Å²) in [5, 5.41) is 3.29. The van der Waals surface area contributed by atoms with Crippen molar-refractivity contribution in [3.05, 3.63) is 34.9 Å². The van der Waals surface area contributed by atoms with Gasteiger partial charge in [0.05, 0.1) is 0 Å². The van der Waals surface area contributed by atoms with Gasteiger partial charge in [-0.3, -0.25) is 4.90 Å². The number of hydrogen-bond donors (Lipinski definition) is 1.